The number of aliphatic hydroxyl groups excluding tert-OH is 1. The molecule has 2 atom stereocenters. The Morgan fingerprint density at radius 2 is 2.23 bits per heavy atom. The molecule has 22 heavy (non-hydrogen) atoms. The smallest absolute Gasteiger partial charge is 0.393 e. The third kappa shape index (κ3) is 3.52. The number of alkyl halides is 3. The van der Waals surface area contributed by atoms with Crippen molar-refractivity contribution in [1.29, 1.82) is 0 Å². The maximum atomic E-state index is 12.8. The van der Waals surface area contributed by atoms with Gasteiger partial charge in [-0.05, 0) is 19.8 Å². The molecule has 1 saturated heterocycles. The standard InChI is InChI=1S/C13H19F3N4O2/c1-8-5-9(21)3-4-20(8)12(22)17-7-11-10(13(14,15)16)6-18-19(11)2/h6,8-9,21H,3-5,7H2,1-2H3,(H,17,22)/t8-,9-/m1/s1. The van der Waals surface area contributed by atoms with Gasteiger partial charge in [0.2, 0.25) is 0 Å². The van der Waals surface area contributed by atoms with E-state index in [1.807, 2.05) is 0 Å². The minimum absolute atomic E-state index is 0.0921. The van der Waals surface area contributed by atoms with Crippen LogP contribution in [0.1, 0.15) is 31.0 Å². The van der Waals surface area contributed by atoms with Gasteiger partial charge in [-0.1, -0.05) is 0 Å². The van der Waals surface area contributed by atoms with Crippen LogP contribution in [0.3, 0.4) is 0 Å². The number of carbonyl (C=O) groups is 1. The van der Waals surface area contributed by atoms with E-state index in [1.54, 1.807) is 6.92 Å². The molecule has 0 saturated carbocycles. The van der Waals surface area contributed by atoms with Crippen LogP contribution in [0.2, 0.25) is 0 Å². The molecule has 0 unspecified atom stereocenters. The summed E-state index contributed by atoms with van der Waals surface area (Å²) in [5.74, 6) is 0. The molecule has 2 rings (SSSR count). The lowest BCUT2D eigenvalue weighted by Gasteiger charge is -2.35. The Bertz CT molecular complexity index is 544. The van der Waals surface area contributed by atoms with E-state index in [4.69, 9.17) is 0 Å². The summed E-state index contributed by atoms with van der Waals surface area (Å²) in [6.07, 6.45) is -3.25. The molecule has 0 bridgehead atoms. The summed E-state index contributed by atoms with van der Waals surface area (Å²) in [6.45, 7) is 1.93. The molecule has 2 N–H and O–H groups in total. The number of halogens is 3. The van der Waals surface area contributed by atoms with Crippen molar-refractivity contribution in [2.24, 2.45) is 7.05 Å². The topological polar surface area (TPSA) is 70.4 Å². The first-order valence-corrected chi connectivity index (χ1v) is 7.00. The molecule has 124 valence electrons. The molecule has 0 spiro atoms. The quantitative estimate of drug-likeness (QED) is 0.867. The average molecular weight is 320 g/mol. The first-order valence-electron chi connectivity index (χ1n) is 7.00. The minimum atomic E-state index is -4.50. The Balaban J connectivity index is 2.01. The van der Waals surface area contributed by atoms with Crippen LogP contribution in [0.5, 0.6) is 0 Å². The number of aromatic nitrogens is 2. The molecule has 9 heteroatoms. The number of nitrogens with zero attached hydrogens (tertiary/aromatic N) is 3. The van der Waals surface area contributed by atoms with Crippen LogP contribution >= 0.6 is 0 Å². The summed E-state index contributed by atoms with van der Waals surface area (Å²) in [6, 6.07) is -0.592. The van der Waals surface area contributed by atoms with Gasteiger partial charge in [0, 0.05) is 19.6 Å². The van der Waals surface area contributed by atoms with E-state index < -0.39 is 23.9 Å². The summed E-state index contributed by atoms with van der Waals surface area (Å²) in [5.41, 5.74) is -0.942. The van der Waals surface area contributed by atoms with Gasteiger partial charge in [0.05, 0.1) is 30.1 Å². The predicted octanol–water partition coefficient (Wildman–Crippen LogP) is 1.49. The highest BCUT2D eigenvalue weighted by Crippen LogP contribution is 2.31. The van der Waals surface area contributed by atoms with E-state index in [0.29, 0.717) is 19.4 Å². The maximum absolute atomic E-state index is 12.8. The summed E-state index contributed by atoms with van der Waals surface area (Å²) < 4.78 is 39.6. The van der Waals surface area contributed by atoms with Crippen LogP contribution in [0.15, 0.2) is 6.20 Å². The van der Waals surface area contributed by atoms with Crippen molar-refractivity contribution in [3.8, 4) is 0 Å². The monoisotopic (exact) mass is 320 g/mol. The van der Waals surface area contributed by atoms with Gasteiger partial charge >= 0.3 is 12.2 Å². The molecule has 1 aliphatic heterocycles. The fourth-order valence-corrected chi connectivity index (χ4v) is 2.62. The van der Waals surface area contributed by atoms with Crippen LogP contribution in [0.4, 0.5) is 18.0 Å². The number of amides is 2. The Morgan fingerprint density at radius 3 is 2.82 bits per heavy atom. The zero-order valence-corrected chi connectivity index (χ0v) is 12.4. The minimum Gasteiger partial charge on any atom is -0.393 e. The third-order valence-electron chi connectivity index (χ3n) is 3.88. The number of carbonyl (C=O) groups excluding carboxylic acids is 1. The second-order valence-electron chi connectivity index (χ2n) is 5.51. The van der Waals surface area contributed by atoms with Crippen molar-refractivity contribution in [2.45, 2.75) is 44.6 Å². The van der Waals surface area contributed by atoms with Crippen molar-refractivity contribution in [3.63, 3.8) is 0 Å². The number of rotatable bonds is 2. The number of nitrogens with one attached hydrogen (secondary N) is 1. The van der Waals surface area contributed by atoms with E-state index in [-0.39, 0.29) is 18.3 Å². The van der Waals surface area contributed by atoms with Gasteiger partial charge in [0.15, 0.2) is 0 Å². The molecule has 1 aromatic heterocycles. The normalized spacial score (nSPS) is 22.7. The highest BCUT2D eigenvalue weighted by Gasteiger charge is 2.36. The number of hydrogen-bond donors (Lipinski definition) is 2. The lowest BCUT2D eigenvalue weighted by atomic mass is 10.0. The molecule has 0 aromatic carbocycles. The van der Waals surface area contributed by atoms with Gasteiger partial charge in [0.1, 0.15) is 0 Å². The summed E-state index contributed by atoms with van der Waals surface area (Å²) in [7, 11) is 1.40. The number of likely N-dealkylation sites (tertiary alicyclic amines) is 1. The van der Waals surface area contributed by atoms with E-state index in [9.17, 15) is 23.1 Å². The van der Waals surface area contributed by atoms with Gasteiger partial charge in [-0.15, -0.1) is 0 Å². The fourth-order valence-electron chi connectivity index (χ4n) is 2.62. The SMILES string of the molecule is C[C@@H]1C[C@H](O)CCN1C(=O)NCc1c(C(F)(F)F)cnn1C. The van der Waals surface area contributed by atoms with Crippen molar-refractivity contribution >= 4 is 6.03 Å². The summed E-state index contributed by atoms with van der Waals surface area (Å²) >= 11 is 0. The second-order valence-corrected chi connectivity index (χ2v) is 5.51. The van der Waals surface area contributed by atoms with Crippen LogP contribution in [-0.4, -0.2) is 44.5 Å². The van der Waals surface area contributed by atoms with Crippen LogP contribution in [0, 0.1) is 0 Å². The van der Waals surface area contributed by atoms with Crippen molar-refractivity contribution in [1.82, 2.24) is 20.0 Å². The third-order valence-corrected chi connectivity index (χ3v) is 3.88. The molecule has 1 aromatic rings. The number of aryl methyl sites for hydroxylation is 1. The first kappa shape index (κ1) is 16.6. The zero-order valence-electron chi connectivity index (χ0n) is 12.4. The van der Waals surface area contributed by atoms with E-state index in [1.165, 1.54) is 11.9 Å². The molecule has 1 fully saturated rings. The number of aliphatic hydroxyl groups is 1. The predicted molar refractivity (Wildman–Crippen MR) is 71.9 cm³/mol. The zero-order chi connectivity index (χ0) is 16.5. The number of hydrogen-bond acceptors (Lipinski definition) is 3. The Morgan fingerprint density at radius 1 is 1.55 bits per heavy atom. The van der Waals surface area contributed by atoms with Crippen LogP contribution in [0.25, 0.3) is 0 Å². The first-order chi connectivity index (χ1) is 10.2. The van der Waals surface area contributed by atoms with Gasteiger partial charge in [-0.3, -0.25) is 4.68 Å². The van der Waals surface area contributed by atoms with Crippen molar-refractivity contribution < 1.29 is 23.1 Å². The van der Waals surface area contributed by atoms with E-state index in [2.05, 4.69) is 10.4 Å². The van der Waals surface area contributed by atoms with Gasteiger partial charge in [0.25, 0.3) is 0 Å². The molecule has 0 aliphatic carbocycles. The van der Waals surface area contributed by atoms with Crippen LogP contribution < -0.4 is 5.32 Å². The molecule has 2 heterocycles. The highest BCUT2D eigenvalue weighted by atomic mass is 19.4. The Kier molecular flexibility index (Phi) is 4.64. The molecule has 0 radical (unpaired) electrons. The Hall–Kier alpha value is -1.77. The van der Waals surface area contributed by atoms with Gasteiger partial charge in [-0.2, -0.15) is 18.3 Å². The fraction of sp³-hybridized carbons (Fsp3) is 0.692. The van der Waals surface area contributed by atoms with Crippen molar-refractivity contribution in [3.05, 3.63) is 17.5 Å². The van der Waals surface area contributed by atoms with Gasteiger partial charge < -0.3 is 15.3 Å². The summed E-state index contributed by atoms with van der Waals surface area (Å²) in [5, 5.41) is 15.6. The lowest BCUT2D eigenvalue weighted by molar-refractivity contribution is -0.138. The van der Waals surface area contributed by atoms with Crippen molar-refractivity contribution in [2.75, 3.05) is 6.54 Å². The number of urea groups is 1. The lowest BCUT2D eigenvalue weighted by Crippen LogP contribution is -2.50. The van der Waals surface area contributed by atoms with Crippen LogP contribution in [-0.2, 0) is 19.8 Å². The molecular formula is C13H19F3N4O2. The largest absolute Gasteiger partial charge is 0.419 e. The molecular weight excluding hydrogens is 301 g/mol. The van der Waals surface area contributed by atoms with E-state index >= 15 is 0 Å². The summed E-state index contributed by atoms with van der Waals surface area (Å²) in [4.78, 5) is 13.6. The molecule has 1 aliphatic rings. The second kappa shape index (κ2) is 6.15. The number of piperidine rings is 1. The highest BCUT2D eigenvalue weighted by molar-refractivity contribution is 5.74. The maximum Gasteiger partial charge on any atom is 0.419 e. The van der Waals surface area contributed by atoms with E-state index in [0.717, 1.165) is 10.9 Å². The average Bonchev–Trinajstić information content (AvgIpc) is 2.77. The Labute approximate surface area is 125 Å². The molecule has 2 amide bonds. The molecule has 6 nitrogen and oxygen atoms in total. The van der Waals surface area contributed by atoms with Gasteiger partial charge in [-0.25, -0.2) is 4.79 Å².